The number of nitrogen functional groups attached to an aromatic ring is 1. The van der Waals surface area contributed by atoms with Crippen LogP contribution in [0.4, 0.5) is 5.95 Å². The number of aryl methyl sites for hydroxylation is 1. The molecule has 7 nitrogen and oxygen atoms in total. The van der Waals surface area contributed by atoms with Gasteiger partial charge < -0.3 is 15.6 Å². The lowest BCUT2D eigenvalue weighted by Crippen LogP contribution is -2.15. The Kier molecular flexibility index (Phi) is 4.44. The van der Waals surface area contributed by atoms with Gasteiger partial charge in [0.1, 0.15) is 11.3 Å². The van der Waals surface area contributed by atoms with Crippen molar-refractivity contribution in [2.75, 3.05) is 5.73 Å². The first-order valence-electron chi connectivity index (χ1n) is 9.98. The van der Waals surface area contributed by atoms with Gasteiger partial charge in [-0.2, -0.15) is 4.98 Å². The molecule has 1 fully saturated rings. The molecule has 146 valence electrons. The molecule has 0 amide bonds. The lowest BCUT2D eigenvalue weighted by atomic mass is 9.99. The van der Waals surface area contributed by atoms with E-state index in [9.17, 15) is 0 Å². The van der Waals surface area contributed by atoms with Crippen molar-refractivity contribution >= 4 is 17.1 Å². The summed E-state index contributed by atoms with van der Waals surface area (Å²) >= 11 is 0. The van der Waals surface area contributed by atoms with Crippen molar-refractivity contribution in [3.63, 3.8) is 0 Å². The zero-order chi connectivity index (χ0) is 19.8. The van der Waals surface area contributed by atoms with Crippen molar-refractivity contribution < 1.29 is 0 Å². The fourth-order valence-corrected chi connectivity index (χ4v) is 3.66. The molecule has 4 aromatic rings. The average Bonchev–Trinajstić information content (AvgIpc) is 3.52. The normalized spacial score (nSPS) is 13.8. The highest BCUT2D eigenvalue weighted by molar-refractivity contribution is 5.85. The van der Waals surface area contributed by atoms with Crippen molar-refractivity contribution in [2.45, 2.75) is 38.9 Å². The smallest absolute Gasteiger partial charge is 0.222 e. The molecule has 5 rings (SSSR count). The lowest BCUT2D eigenvalue weighted by molar-refractivity contribution is 0.688. The van der Waals surface area contributed by atoms with E-state index in [1.807, 2.05) is 12.3 Å². The Morgan fingerprint density at radius 1 is 1.14 bits per heavy atom. The molecule has 0 bridgehead atoms. The monoisotopic (exact) mass is 385 g/mol. The Morgan fingerprint density at radius 3 is 2.86 bits per heavy atom. The third-order valence-corrected chi connectivity index (χ3v) is 5.29. The number of aromatic nitrogens is 5. The summed E-state index contributed by atoms with van der Waals surface area (Å²) in [7, 11) is 0. The second kappa shape index (κ2) is 7.25. The second-order valence-corrected chi connectivity index (χ2v) is 7.39. The minimum atomic E-state index is 0.254. The predicted molar refractivity (Wildman–Crippen MR) is 114 cm³/mol. The lowest BCUT2D eigenvalue weighted by Gasteiger charge is -2.12. The number of imidazole rings is 1. The first-order chi connectivity index (χ1) is 14.2. The van der Waals surface area contributed by atoms with Crippen LogP contribution in [-0.4, -0.2) is 30.5 Å². The van der Waals surface area contributed by atoms with Crippen molar-refractivity contribution in [2.24, 2.45) is 0 Å². The molecule has 0 unspecified atom stereocenters. The molecule has 3 aromatic heterocycles. The van der Waals surface area contributed by atoms with Gasteiger partial charge in [0.2, 0.25) is 5.95 Å². The molecular formula is C22H23N7. The number of fused-ring (bicyclic) bond motifs is 1. The molecule has 1 saturated carbocycles. The Balaban J connectivity index is 1.60. The van der Waals surface area contributed by atoms with E-state index in [2.05, 4.69) is 56.0 Å². The maximum Gasteiger partial charge on any atom is 0.222 e. The number of benzene rings is 1. The summed E-state index contributed by atoms with van der Waals surface area (Å²) in [5.41, 5.74) is 11.8. The number of rotatable bonds is 6. The van der Waals surface area contributed by atoms with E-state index >= 15 is 0 Å². The SMILES string of the molecule is CCn1c(-c2ccncc2-c2cccc(CNC3CC3)c2)nc2cnc(N)nc21. The van der Waals surface area contributed by atoms with Crippen LogP contribution >= 0.6 is 0 Å². The van der Waals surface area contributed by atoms with E-state index in [-0.39, 0.29) is 5.95 Å². The van der Waals surface area contributed by atoms with Crippen molar-refractivity contribution in [1.82, 2.24) is 29.8 Å². The van der Waals surface area contributed by atoms with Gasteiger partial charge in [0, 0.05) is 42.7 Å². The predicted octanol–water partition coefficient (Wildman–Crippen LogP) is 3.41. The van der Waals surface area contributed by atoms with E-state index in [4.69, 9.17) is 10.7 Å². The number of nitrogens with one attached hydrogen (secondary N) is 1. The number of hydrogen-bond donors (Lipinski definition) is 2. The van der Waals surface area contributed by atoms with E-state index < -0.39 is 0 Å². The number of pyridine rings is 1. The zero-order valence-electron chi connectivity index (χ0n) is 16.3. The maximum atomic E-state index is 5.81. The fraction of sp³-hybridized carbons (Fsp3) is 0.273. The van der Waals surface area contributed by atoms with E-state index in [1.54, 1.807) is 12.4 Å². The highest BCUT2D eigenvalue weighted by Gasteiger charge is 2.20. The molecule has 29 heavy (non-hydrogen) atoms. The third-order valence-electron chi connectivity index (χ3n) is 5.29. The van der Waals surface area contributed by atoms with Crippen LogP contribution in [0.1, 0.15) is 25.3 Å². The molecule has 0 aliphatic heterocycles. The summed E-state index contributed by atoms with van der Waals surface area (Å²) in [5.74, 6) is 1.10. The standard InChI is InChI=1S/C22H23N7/c1-2-29-20(27-19-13-26-22(23)28-21(19)29)17-8-9-24-12-18(17)15-5-3-4-14(10-15)11-25-16-6-7-16/h3-5,8-10,12-13,16,25H,2,6-7,11H2,1H3,(H2,23,26,28). The average molecular weight is 385 g/mol. The number of hydrogen-bond acceptors (Lipinski definition) is 6. The van der Waals surface area contributed by atoms with Crippen LogP contribution in [0.15, 0.2) is 48.9 Å². The molecule has 1 aromatic carbocycles. The Hall–Kier alpha value is -3.32. The van der Waals surface area contributed by atoms with Gasteiger partial charge >= 0.3 is 0 Å². The second-order valence-electron chi connectivity index (χ2n) is 7.39. The van der Waals surface area contributed by atoms with E-state index in [0.29, 0.717) is 6.04 Å². The van der Waals surface area contributed by atoms with Crippen LogP contribution in [0.3, 0.4) is 0 Å². The van der Waals surface area contributed by atoms with Crippen LogP contribution in [0.5, 0.6) is 0 Å². The molecule has 1 aliphatic carbocycles. The van der Waals surface area contributed by atoms with Crippen LogP contribution in [0.2, 0.25) is 0 Å². The molecule has 0 spiro atoms. The zero-order valence-corrected chi connectivity index (χ0v) is 16.3. The maximum absolute atomic E-state index is 5.81. The van der Waals surface area contributed by atoms with Gasteiger partial charge in [-0.05, 0) is 43.0 Å². The van der Waals surface area contributed by atoms with Crippen molar-refractivity contribution in [3.05, 3.63) is 54.5 Å². The number of anilines is 1. The summed E-state index contributed by atoms with van der Waals surface area (Å²) in [6, 6.07) is 11.3. The minimum absolute atomic E-state index is 0.254. The van der Waals surface area contributed by atoms with Crippen LogP contribution < -0.4 is 11.1 Å². The van der Waals surface area contributed by atoms with Gasteiger partial charge in [-0.25, -0.2) is 9.97 Å². The summed E-state index contributed by atoms with van der Waals surface area (Å²) in [4.78, 5) is 17.7. The molecule has 1 aliphatic rings. The molecule has 0 saturated heterocycles. The first-order valence-corrected chi connectivity index (χ1v) is 9.98. The molecule has 3 heterocycles. The van der Waals surface area contributed by atoms with Gasteiger partial charge in [-0.1, -0.05) is 18.2 Å². The van der Waals surface area contributed by atoms with Crippen molar-refractivity contribution in [3.8, 4) is 22.5 Å². The summed E-state index contributed by atoms with van der Waals surface area (Å²) in [5, 5.41) is 3.58. The highest BCUT2D eigenvalue weighted by Crippen LogP contribution is 2.33. The fourth-order valence-electron chi connectivity index (χ4n) is 3.66. The molecule has 7 heteroatoms. The number of nitrogens with two attached hydrogens (primary N) is 1. The van der Waals surface area contributed by atoms with Gasteiger partial charge in [-0.3, -0.25) is 4.98 Å². The quantitative estimate of drug-likeness (QED) is 0.528. The van der Waals surface area contributed by atoms with Gasteiger partial charge in [0.05, 0.1) is 6.20 Å². The highest BCUT2D eigenvalue weighted by atomic mass is 15.2. The molecule has 0 radical (unpaired) electrons. The van der Waals surface area contributed by atoms with Crippen LogP contribution in [0, 0.1) is 0 Å². The molecule has 3 N–H and O–H groups in total. The third kappa shape index (κ3) is 3.45. The first kappa shape index (κ1) is 17.8. The van der Waals surface area contributed by atoms with Gasteiger partial charge in [0.15, 0.2) is 5.65 Å². The Bertz CT molecular complexity index is 1180. The summed E-state index contributed by atoms with van der Waals surface area (Å²) in [6.45, 7) is 3.69. The van der Waals surface area contributed by atoms with Crippen LogP contribution in [-0.2, 0) is 13.1 Å². The summed E-state index contributed by atoms with van der Waals surface area (Å²) in [6.07, 6.45) is 7.96. The minimum Gasteiger partial charge on any atom is -0.368 e. The molecule has 0 atom stereocenters. The summed E-state index contributed by atoms with van der Waals surface area (Å²) < 4.78 is 2.07. The van der Waals surface area contributed by atoms with Gasteiger partial charge in [-0.15, -0.1) is 0 Å². The van der Waals surface area contributed by atoms with E-state index in [0.717, 1.165) is 46.8 Å². The van der Waals surface area contributed by atoms with Gasteiger partial charge in [0.25, 0.3) is 0 Å². The van der Waals surface area contributed by atoms with Crippen LogP contribution in [0.25, 0.3) is 33.7 Å². The number of nitrogens with zero attached hydrogens (tertiary/aromatic N) is 5. The van der Waals surface area contributed by atoms with E-state index in [1.165, 1.54) is 18.4 Å². The Labute approximate surface area is 169 Å². The largest absolute Gasteiger partial charge is 0.368 e. The Morgan fingerprint density at radius 2 is 2.03 bits per heavy atom. The van der Waals surface area contributed by atoms with Crippen molar-refractivity contribution in [1.29, 1.82) is 0 Å². The molecular weight excluding hydrogens is 362 g/mol. The topological polar surface area (TPSA) is 94.5 Å².